The fourth-order valence-electron chi connectivity index (χ4n) is 3.02. The number of aliphatic hydroxyl groups excluding tert-OH is 3. The molecule has 0 unspecified atom stereocenters. The zero-order valence-corrected chi connectivity index (χ0v) is 15.1. The Kier molecular flexibility index (Phi) is 5.00. The van der Waals surface area contributed by atoms with Gasteiger partial charge in [-0.1, -0.05) is 0 Å². The smallest absolute Gasteiger partial charge is 0.280 e. The number of aromatic nitrogens is 8. The number of nitrogen functional groups attached to an aromatic ring is 1. The normalized spacial score (nSPS) is 23.6. The molecule has 5 heterocycles. The molecule has 1 aliphatic rings. The first-order valence-electron chi connectivity index (χ1n) is 8.62. The molecule has 0 radical (unpaired) electrons. The Morgan fingerprint density at radius 1 is 1.10 bits per heavy atom. The Balaban J connectivity index is 0.000000181. The lowest BCUT2D eigenvalue weighted by atomic mass is 10.1. The van der Waals surface area contributed by atoms with Crippen LogP contribution in [-0.4, -0.2) is 79.7 Å². The van der Waals surface area contributed by atoms with Gasteiger partial charge in [-0.2, -0.15) is 4.98 Å². The van der Waals surface area contributed by atoms with E-state index in [0.717, 1.165) is 0 Å². The molecule has 0 amide bonds. The third kappa shape index (κ3) is 3.30. The molecule has 4 atom stereocenters. The van der Waals surface area contributed by atoms with Crippen molar-refractivity contribution in [2.24, 2.45) is 0 Å². The third-order valence-electron chi connectivity index (χ3n) is 4.47. The van der Waals surface area contributed by atoms with Crippen LogP contribution in [0.2, 0.25) is 0 Å². The highest BCUT2D eigenvalue weighted by atomic mass is 16.6. The topological polar surface area (TPSA) is 234 Å². The second-order valence-corrected chi connectivity index (χ2v) is 6.34. The van der Waals surface area contributed by atoms with Gasteiger partial charge in [0.2, 0.25) is 5.95 Å². The van der Waals surface area contributed by atoms with E-state index < -0.39 is 36.7 Å². The summed E-state index contributed by atoms with van der Waals surface area (Å²) in [5, 5.41) is 28.7. The summed E-state index contributed by atoms with van der Waals surface area (Å²) in [6.45, 7) is -0.447. The number of nitrogens with one attached hydrogen (secondary N) is 3. The summed E-state index contributed by atoms with van der Waals surface area (Å²) in [6, 6.07) is 0. The Labute approximate surface area is 165 Å². The summed E-state index contributed by atoms with van der Waals surface area (Å²) in [7, 11) is 0. The number of imidazole rings is 2. The maximum atomic E-state index is 11.7. The lowest BCUT2D eigenvalue weighted by Crippen LogP contribution is -2.33. The van der Waals surface area contributed by atoms with Crippen molar-refractivity contribution in [1.29, 1.82) is 0 Å². The number of rotatable bonds is 2. The Morgan fingerprint density at radius 2 is 1.83 bits per heavy atom. The molecular formula is C15H17N9O6. The van der Waals surface area contributed by atoms with Gasteiger partial charge in [-0.05, 0) is 0 Å². The summed E-state index contributed by atoms with van der Waals surface area (Å²) in [5.74, 6) is -0.101. The van der Waals surface area contributed by atoms with Gasteiger partial charge < -0.3 is 35.8 Å². The van der Waals surface area contributed by atoms with Gasteiger partial charge in [0, 0.05) is 0 Å². The molecule has 1 aliphatic heterocycles. The minimum Gasteiger partial charge on any atom is -0.394 e. The first kappa shape index (κ1) is 19.6. The quantitative estimate of drug-likeness (QED) is 0.172. The van der Waals surface area contributed by atoms with Crippen LogP contribution in [0.4, 0.5) is 5.95 Å². The summed E-state index contributed by atoms with van der Waals surface area (Å²) in [5.41, 5.74) is 5.79. The van der Waals surface area contributed by atoms with Crippen LogP contribution in [-0.2, 0) is 4.74 Å². The highest BCUT2D eigenvalue weighted by Crippen LogP contribution is 2.30. The van der Waals surface area contributed by atoms with E-state index in [1.807, 2.05) is 0 Å². The van der Waals surface area contributed by atoms with E-state index >= 15 is 0 Å². The van der Waals surface area contributed by atoms with Crippen LogP contribution in [0.5, 0.6) is 0 Å². The Morgan fingerprint density at radius 3 is 2.50 bits per heavy atom. The number of anilines is 1. The van der Waals surface area contributed by atoms with Gasteiger partial charge in [0.25, 0.3) is 11.1 Å². The van der Waals surface area contributed by atoms with Crippen molar-refractivity contribution >= 4 is 28.3 Å². The van der Waals surface area contributed by atoms with E-state index in [4.69, 9.17) is 15.6 Å². The maximum absolute atomic E-state index is 11.7. The van der Waals surface area contributed by atoms with Crippen LogP contribution < -0.4 is 16.9 Å². The lowest BCUT2D eigenvalue weighted by Gasteiger charge is -2.16. The average molecular weight is 419 g/mol. The van der Waals surface area contributed by atoms with Crippen molar-refractivity contribution in [1.82, 2.24) is 39.5 Å². The molecule has 0 aliphatic carbocycles. The first-order valence-corrected chi connectivity index (χ1v) is 8.62. The molecule has 0 spiro atoms. The average Bonchev–Trinajstić information content (AvgIpc) is 3.42. The molecule has 15 heteroatoms. The number of hydrogen-bond donors (Lipinski definition) is 7. The number of aliphatic hydroxyl groups is 3. The van der Waals surface area contributed by atoms with Crippen molar-refractivity contribution in [2.45, 2.75) is 24.5 Å². The van der Waals surface area contributed by atoms with E-state index in [-0.39, 0.29) is 22.7 Å². The van der Waals surface area contributed by atoms with Gasteiger partial charge in [0.05, 0.1) is 25.6 Å². The van der Waals surface area contributed by atoms with Crippen LogP contribution >= 0.6 is 0 Å². The van der Waals surface area contributed by atoms with Gasteiger partial charge >= 0.3 is 0 Å². The van der Waals surface area contributed by atoms with Crippen molar-refractivity contribution in [2.75, 3.05) is 12.3 Å². The minimum atomic E-state index is -1.29. The molecular weight excluding hydrogens is 402 g/mol. The number of hydrogen-bond acceptors (Lipinski definition) is 11. The molecule has 8 N–H and O–H groups in total. The van der Waals surface area contributed by atoms with E-state index in [9.17, 15) is 19.8 Å². The predicted octanol–water partition coefficient (Wildman–Crippen LogP) is -3.04. The van der Waals surface area contributed by atoms with E-state index in [2.05, 4.69) is 34.9 Å². The van der Waals surface area contributed by atoms with Crippen molar-refractivity contribution < 1.29 is 20.1 Å². The molecule has 30 heavy (non-hydrogen) atoms. The predicted molar refractivity (Wildman–Crippen MR) is 100 cm³/mol. The standard InChI is InChI=1S/C10H13N5O5.C5H4N4O/c11-10-13-7-4(8(19)14-10)12-2-15(7)9-6(18)5(17)3(1-16)20-9;10-5-3-4(7-1-6-3)8-2-9-5/h2-3,5-6,9,16-18H,1H2,(H3,11,13,14,19);1-2H,(H2,6,7,8,9,10)/t3-,5-,6-,9-;/m1./s1. The Hall–Kier alpha value is -3.66. The second-order valence-electron chi connectivity index (χ2n) is 6.34. The minimum absolute atomic E-state index is 0.0388. The van der Waals surface area contributed by atoms with Crippen molar-refractivity contribution in [3.63, 3.8) is 0 Å². The summed E-state index contributed by atoms with van der Waals surface area (Å²) in [6.07, 6.45) is -0.452. The highest BCUT2D eigenvalue weighted by Gasteiger charge is 2.44. The zero-order valence-electron chi connectivity index (χ0n) is 15.1. The molecule has 0 bridgehead atoms. The number of aromatic amines is 3. The molecule has 15 nitrogen and oxygen atoms in total. The molecule has 1 saturated heterocycles. The first-order chi connectivity index (χ1) is 14.4. The molecule has 158 valence electrons. The van der Waals surface area contributed by atoms with Crippen LogP contribution in [0.25, 0.3) is 22.3 Å². The van der Waals surface area contributed by atoms with Crippen LogP contribution in [0.1, 0.15) is 6.23 Å². The summed E-state index contributed by atoms with van der Waals surface area (Å²) >= 11 is 0. The van der Waals surface area contributed by atoms with Crippen LogP contribution in [0.15, 0.2) is 28.6 Å². The van der Waals surface area contributed by atoms with E-state index in [0.29, 0.717) is 11.2 Å². The van der Waals surface area contributed by atoms with Crippen molar-refractivity contribution in [3.05, 3.63) is 39.7 Å². The third-order valence-corrected chi connectivity index (χ3v) is 4.47. The number of nitrogens with two attached hydrogens (primary N) is 1. The Bertz CT molecular complexity index is 1290. The molecule has 5 rings (SSSR count). The molecule has 4 aromatic rings. The van der Waals surface area contributed by atoms with Crippen LogP contribution in [0.3, 0.4) is 0 Å². The zero-order chi connectivity index (χ0) is 21.4. The molecule has 0 aromatic carbocycles. The monoisotopic (exact) mass is 419 g/mol. The van der Waals surface area contributed by atoms with Gasteiger partial charge in [0.1, 0.15) is 18.3 Å². The molecule has 4 aromatic heterocycles. The number of H-pyrrole nitrogens is 3. The van der Waals surface area contributed by atoms with Crippen LogP contribution in [0, 0.1) is 0 Å². The lowest BCUT2D eigenvalue weighted by molar-refractivity contribution is -0.0511. The summed E-state index contributed by atoms with van der Waals surface area (Å²) in [4.78, 5) is 45.3. The number of ether oxygens (including phenoxy) is 1. The van der Waals surface area contributed by atoms with E-state index in [1.54, 1.807) is 0 Å². The van der Waals surface area contributed by atoms with Gasteiger partial charge in [-0.3, -0.25) is 19.1 Å². The number of nitrogens with zero attached hydrogens (tertiary/aromatic N) is 5. The highest BCUT2D eigenvalue weighted by molar-refractivity contribution is 5.70. The van der Waals surface area contributed by atoms with Gasteiger partial charge in [-0.15, -0.1) is 0 Å². The number of fused-ring (bicyclic) bond motifs is 2. The SMILES string of the molecule is Nc1nc2c(ncn2[C@@H]2O[C@H](CO)[C@@H](O)[C@H]2O)c(=O)[nH]1.O=c1[nH]cnc2nc[nH]c12. The fourth-order valence-corrected chi connectivity index (χ4v) is 3.02. The van der Waals surface area contributed by atoms with Gasteiger partial charge in [0.15, 0.2) is 28.6 Å². The molecule has 0 saturated carbocycles. The van der Waals surface area contributed by atoms with Gasteiger partial charge in [-0.25, -0.2) is 15.0 Å². The fraction of sp³-hybridized carbons (Fsp3) is 0.333. The van der Waals surface area contributed by atoms with Crippen molar-refractivity contribution in [3.8, 4) is 0 Å². The second kappa shape index (κ2) is 7.64. The summed E-state index contributed by atoms with van der Waals surface area (Å²) < 4.78 is 6.64. The molecule has 1 fully saturated rings. The largest absolute Gasteiger partial charge is 0.394 e. The maximum Gasteiger partial charge on any atom is 0.280 e. The van der Waals surface area contributed by atoms with E-state index in [1.165, 1.54) is 23.5 Å².